The number of carbonyl (C=O) groups excluding carboxylic acids is 1. The van der Waals surface area contributed by atoms with Gasteiger partial charge in [-0.25, -0.2) is 0 Å². The van der Waals surface area contributed by atoms with Gasteiger partial charge < -0.3 is 16.0 Å². The Labute approximate surface area is 240 Å². The van der Waals surface area contributed by atoms with Gasteiger partial charge in [0, 0.05) is 12.1 Å². The van der Waals surface area contributed by atoms with E-state index in [1.165, 1.54) is 77.0 Å². The van der Waals surface area contributed by atoms with Crippen LogP contribution in [0.1, 0.15) is 115 Å². The normalized spacial score (nSPS) is 12.2. The number of halogens is 3. The number of hydrogen-bond acceptors (Lipinski definition) is 2. The van der Waals surface area contributed by atoms with Crippen LogP contribution < -0.4 is 16.0 Å². The first-order valence-corrected chi connectivity index (χ1v) is 15.3. The summed E-state index contributed by atoms with van der Waals surface area (Å²) >= 11 is 23.6. The maximum Gasteiger partial charge on any atom is 0.228 e. The van der Waals surface area contributed by atoms with Gasteiger partial charge in [0.15, 0.2) is 5.11 Å². The highest BCUT2D eigenvalue weighted by molar-refractivity contribution is 7.80. The number of aryl methyl sites for hydroxylation is 1. The standard InChI is InChI=1S/C28H46Cl3N3OS/c1-3-4-5-6-7-8-9-10-11-12-13-14-15-16-17-22-25(35)33-26(28(29,30)31)34-27(36)32-24-21-19-18-20-23(24)2/h18-21,26H,3-17,22H2,1-2H3,(H,33,35)(H2,32,34,36)/t26-/m1/s1. The first-order valence-electron chi connectivity index (χ1n) is 13.7. The summed E-state index contributed by atoms with van der Waals surface area (Å²) in [5.74, 6) is -0.160. The van der Waals surface area contributed by atoms with E-state index in [-0.39, 0.29) is 11.0 Å². The van der Waals surface area contributed by atoms with E-state index in [1.54, 1.807) is 0 Å². The van der Waals surface area contributed by atoms with Crippen molar-refractivity contribution in [2.24, 2.45) is 0 Å². The van der Waals surface area contributed by atoms with Crippen molar-refractivity contribution in [3.8, 4) is 0 Å². The molecule has 1 atom stereocenters. The highest BCUT2D eigenvalue weighted by atomic mass is 35.6. The van der Waals surface area contributed by atoms with E-state index in [2.05, 4.69) is 22.9 Å². The SMILES string of the molecule is CCCCCCCCCCCCCCCCCC(=O)N[C@H](NC(=S)Nc1ccccc1C)C(Cl)(Cl)Cl. The third kappa shape index (κ3) is 16.9. The predicted octanol–water partition coefficient (Wildman–Crippen LogP) is 9.36. The molecule has 0 unspecified atom stereocenters. The van der Waals surface area contributed by atoms with Gasteiger partial charge in [-0.2, -0.15) is 0 Å². The fourth-order valence-corrected chi connectivity index (χ4v) is 4.65. The summed E-state index contributed by atoms with van der Waals surface area (Å²) in [5.41, 5.74) is 1.88. The molecular weight excluding hydrogens is 533 g/mol. The molecule has 4 nitrogen and oxygen atoms in total. The molecule has 36 heavy (non-hydrogen) atoms. The molecule has 1 aromatic carbocycles. The van der Waals surface area contributed by atoms with Gasteiger partial charge >= 0.3 is 0 Å². The molecule has 0 saturated heterocycles. The Kier molecular flexibility index (Phi) is 18.7. The quantitative estimate of drug-likeness (QED) is 0.0662. The summed E-state index contributed by atoms with van der Waals surface area (Å²) in [5, 5.41) is 9.02. The molecule has 8 heteroatoms. The second-order valence-corrected chi connectivity index (χ2v) is 12.4. The van der Waals surface area contributed by atoms with Gasteiger partial charge in [0.1, 0.15) is 6.17 Å². The molecule has 0 bridgehead atoms. The topological polar surface area (TPSA) is 53.2 Å². The van der Waals surface area contributed by atoms with Crippen LogP contribution in [0.25, 0.3) is 0 Å². The number of alkyl halides is 3. The van der Waals surface area contributed by atoms with E-state index >= 15 is 0 Å². The van der Waals surface area contributed by atoms with Crippen molar-refractivity contribution in [1.29, 1.82) is 0 Å². The maximum absolute atomic E-state index is 12.4. The summed E-state index contributed by atoms with van der Waals surface area (Å²) in [6, 6.07) is 7.72. The third-order valence-electron chi connectivity index (χ3n) is 6.31. The lowest BCUT2D eigenvalue weighted by Gasteiger charge is -2.28. The Morgan fingerprint density at radius 2 is 1.28 bits per heavy atom. The number of carbonyl (C=O) groups is 1. The zero-order valence-corrected chi connectivity index (χ0v) is 25.2. The van der Waals surface area contributed by atoms with Crippen molar-refractivity contribution in [1.82, 2.24) is 10.6 Å². The Bertz CT molecular complexity index is 743. The number of rotatable bonds is 19. The average molecular weight is 579 g/mol. The van der Waals surface area contributed by atoms with Gasteiger partial charge in [0.25, 0.3) is 0 Å². The van der Waals surface area contributed by atoms with E-state index in [0.29, 0.717) is 6.42 Å². The van der Waals surface area contributed by atoms with Crippen LogP contribution in [-0.2, 0) is 4.79 Å². The van der Waals surface area contributed by atoms with Crippen LogP contribution in [0.4, 0.5) is 5.69 Å². The van der Waals surface area contributed by atoms with Gasteiger partial charge in [-0.3, -0.25) is 4.79 Å². The Balaban J connectivity index is 2.12. The lowest BCUT2D eigenvalue weighted by atomic mass is 10.0. The second kappa shape index (κ2) is 20.2. The van der Waals surface area contributed by atoms with Crippen molar-refractivity contribution in [2.45, 2.75) is 127 Å². The van der Waals surface area contributed by atoms with Crippen molar-refractivity contribution >= 4 is 63.7 Å². The second-order valence-electron chi connectivity index (χ2n) is 9.66. The molecule has 206 valence electrons. The largest absolute Gasteiger partial charge is 0.339 e. The maximum atomic E-state index is 12.4. The minimum absolute atomic E-state index is 0.160. The molecule has 0 saturated carbocycles. The smallest absolute Gasteiger partial charge is 0.228 e. The van der Waals surface area contributed by atoms with Crippen LogP contribution in [0.5, 0.6) is 0 Å². The summed E-state index contributed by atoms with van der Waals surface area (Å²) in [4.78, 5) is 12.4. The van der Waals surface area contributed by atoms with Crippen molar-refractivity contribution in [2.75, 3.05) is 5.32 Å². The lowest BCUT2D eigenvalue weighted by molar-refractivity contribution is -0.122. The first-order chi connectivity index (χ1) is 17.2. The van der Waals surface area contributed by atoms with E-state index < -0.39 is 9.96 Å². The minimum atomic E-state index is -1.75. The first kappa shape index (κ1) is 33.3. The van der Waals surface area contributed by atoms with Gasteiger partial charge in [-0.05, 0) is 37.2 Å². The van der Waals surface area contributed by atoms with Gasteiger partial charge in [-0.1, -0.05) is 150 Å². The molecule has 0 spiro atoms. The molecule has 1 amide bonds. The fraction of sp³-hybridized carbons (Fsp3) is 0.714. The number of benzene rings is 1. The number of thiocarbonyl (C=S) groups is 1. The molecule has 0 radical (unpaired) electrons. The van der Waals surface area contributed by atoms with E-state index in [1.807, 2.05) is 31.2 Å². The van der Waals surface area contributed by atoms with E-state index in [9.17, 15) is 4.79 Å². The highest BCUT2D eigenvalue weighted by Gasteiger charge is 2.34. The Morgan fingerprint density at radius 1 is 0.806 bits per heavy atom. The third-order valence-corrected chi connectivity index (χ3v) is 7.18. The zero-order valence-electron chi connectivity index (χ0n) is 22.2. The average Bonchev–Trinajstić information content (AvgIpc) is 2.82. The molecule has 0 fully saturated rings. The lowest BCUT2D eigenvalue weighted by Crippen LogP contribution is -2.56. The summed E-state index contributed by atoms with van der Waals surface area (Å²) in [6.07, 6.45) is 18.7. The number of anilines is 1. The van der Waals surface area contributed by atoms with E-state index in [0.717, 1.165) is 30.5 Å². The molecule has 1 aromatic rings. The number of para-hydroxylation sites is 1. The Hall–Kier alpha value is -0.750. The zero-order chi connectivity index (χ0) is 26.7. The van der Waals surface area contributed by atoms with Gasteiger partial charge in [0.05, 0.1) is 0 Å². The summed E-state index contributed by atoms with van der Waals surface area (Å²) in [7, 11) is 0. The van der Waals surface area contributed by atoms with Crippen LogP contribution in [0, 0.1) is 6.92 Å². The summed E-state index contributed by atoms with van der Waals surface area (Å²) < 4.78 is -1.75. The van der Waals surface area contributed by atoms with Crippen molar-refractivity contribution in [3.63, 3.8) is 0 Å². The van der Waals surface area contributed by atoms with Crippen LogP contribution in [0.2, 0.25) is 0 Å². The summed E-state index contributed by atoms with van der Waals surface area (Å²) in [6.45, 7) is 4.24. The number of unbranched alkanes of at least 4 members (excludes halogenated alkanes) is 14. The molecule has 0 aliphatic carbocycles. The molecular formula is C28H46Cl3N3OS. The van der Waals surface area contributed by atoms with Crippen LogP contribution in [0.15, 0.2) is 24.3 Å². The van der Waals surface area contributed by atoms with Gasteiger partial charge in [-0.15, -0.1) is 0 Å². The molecule has 0 heterocycles. The van der Waals surface area contributed by atoms with Crippen molar-refractivity contribution in [3.05, 3.63) is 29.8 Å². The molecule has 0 aliphatic rings. The number of nitrogens with one attached hydrogen (secondary N) is 3. The highest BCUT2D eigenvalue weighted by Crippen LogP contribution is 2.29. The fourth-order valence-electron chi connectivity index (χ4n) is 4.09. The van der Waals surface area contributed by atoms with E-state index in [4.69, 9.17) is 47.0 Å². The molecule has 0 aromatic heterocycles. The van der Waals surface area contributed by atoms with Gasteiger partial charge in [0.2, 0.25) is 9.70 Å². The number of hydrogen-bond donors (Lipinski definition) is 3. The monoisotopic (exact) mass is 577 g/mol. The van der Waals surface area contributed by atoms with Crippen LogP contribution >= 0.6 is 47.0 Å². The molecule has 0 aliphatic heterocycles. The predicted molar refractivity (Wildman–Crippen MR) is 162 cm³/mol. The van der Waals surface area contributed by atoms with Crippen LogP contribution in [0.3, 0.4) is 0 Å². The Morgan fingerprint density at radius 3 is 1.75 bits per heavy atom. The molecule has 3 N–H and O–H groups in total. The minimum Gasteiger partial charge on any atom is -0.339 e. The van der Waals surface area contributed by atoms with Crippen molar-refractivity contribution < 1.29 is 4.79 Å². The van der Waals surface area contributed by atoms with Crippen LogP contribution in [-0.4, -0.2) is 21.0 Å². The molecule has 1 rings (SSSR count). The number of amides is 1.